The summed E-state index contributed by atoms with van der Waals surface area (Å²) >= 11 is 0. The molecule has 8 nitrogen and oxygen atoms in total. The highest BCUT2D eigenvalue weighted by molar-refractivity contribution is 5.93. The number of fused-ring (bicyclic) bond motifs is 1. The molecule has 4 heterocycles. The summed E-state index contributed by atoms with van der Waals surface area (Å²) in [4.78, 5) is 34.1. The summed E-state index contributed by atoms with van der Waals surface area (Å²) in [5.74, 6) is 0.491. The molecule has 0 saturated carbocycles. The van der Waals surface area contributed by atoms with Gasteiger partial charge in [0.2, 0.25) is 5.95 Å². The fourth-order valence-corrected chi connectivity index (χ4v) is 3.67. The SMILES string of the molecule is CC(Nc1ncc(C(=O)N2CCN3CCC[C@H]3C2)cn1)c1cnccn1. The Morgan fingerprint density at radius 1 is 1.15 bits per heavy atom. The van der Waals surface area contributed by atoms with Gasteiger partial charge in [0.1, 0.15) is 0 Å². The van der Waals surface area contributed by atoms with Gasteiger partial charge in [-0.25, -0.2) is 9.97 Å². The molecule has 136 valence electrons. The van der Waals surface area contributed by atoms with Crippen LogP contribution >= 0.6 is 0 Å². The number of hydrogen-bond donors (Lipinski definition) is 1. The van der Waals surface area contributed by atoms with Crippen LogP contribution in [-0.2, 0) is 0 Å². The smallest absolute Gasteiger partial charge is 0.257 e. The molecule has 8 heteroatoms. The van der Waals surface area contributed by atoms with Gasteiger partial charge >= 0.3 is 0 Å². The Hall–Kier alpha value is -2.61. The quantitative estimate of drug-likeness (QED) is 0.888. The van der Waals surface area contributed by atoms with E-state index in [2.05, 4.69) is 30.2 Å². The predicted molar refractivity (Wildman–Crippen MR) is 96.6 cm³/mol. The monoisotopic (exact) mass is 353 g/mol. The molecule has 1 amide bonds. The van der Waals surface area contributed by atoms with Crippen LogP contribution in [0.2, 0.25) is 0 Å². The van der Waals surface area contributed by atoms with Gasteiger partial charge in [-0.2, -0.15) is 0 Å². The molecule has 2 atom stereocenters. The maximum Gasteiger partial charge on any atom is 0.257 e. The molecule has 2 aliphatic heterocycles. The van der Waals surface area contributed by atoms with Crippen LogP contribution in [0.3, 0.4) is 0 Å². The molecule has 0 aromatic carbocycles. The number of nitrogens with zero attached hydrogens (tertiary/aromatic N) is 6. The predicted octanol–water partition coefficient (Wildman–Crippen LogP) is 1.36. The highest BCUT2D eigenvalue weighted by atomic mass is 16.2. The second-order valence-corrected chi connectivity index (χ2v) is 6.87. The maximum absolute atomic E-state index is 12.7. The second-order valence-electron chi connectivity index (χ2n) is 6.87. The second kappa shape index (κ2) is 7.33. The maximum atomic E-state index is 12.7. The van der Waals surface area contributed by atoms with Crippen molar-refractivity contribution in [1.82, 2.24) is 29.7 Å². The third kappa shape index (κ3) is 3.50. The number of piperazine rings is 1. The number of nitrogens with one attached hydrogen (secondary N) is 1. The minimum atomic E-state index is -0.0688. The van der Waals surface area contributed by atoms with Crippen molar-refractivity contribution in [1.29, 1.82) is 0 Å². The molecule has 2 saturated heterocycles. The fourth-order valence-electron chi connectivity index (χ4n) is 3.67. The normalized spacial score (nSPS) is 21.3. The Kier molecular flexibility index (Phi) is 4.75. The number of hydrogen-bond acceptors (Lipinski definition) is 7. The Balaban J connectivity index is 1.38. The van der Waals surface area contributed by atoms with Gasteiger partial charge in [0.25, 0.3) is 5.91 Å². The van der Waals surface area contributed by atoms with E-state index < -0.39 is 0 Å². The third-order valence-electron chi connectivity index (χ3n) is 5.15. The molecular formula is C18H23N7O. The van der Waals surface area contributed by atoms with Gasteiger partial charge in [0, 0.05) is 50.5 Å². The zero-order chi connectivity index (χ0) is 17.9. The number of carbonyl (C=O) groups is 1. The summed E-state index contributed by atoms with van der Waals surface area (Å²) in [5, 5.41) is 3.18. The van der Waals surface area contributed by atoms with E-state index in [0.29, 0.717) is 17.6 Å². The summed E-state index contributed by atoms with van der Waals surface area (Å²) in [5.41, 5.74) is 1.35. The van der Waals surface area contributed by atoms with Crippen LogP contribution < -0.4 is 5.32 Å². The van der Waals surface area contributed by atoms with Gasteiger partial charge in [-0.05, 0) is 26.3 Å². The molecule has 2 aromatic rings. The molecule has 26 heavy (non-hydrogen) atoms. The molecule has 0 aliphatic carbocycles. The molecule has 2 aromatic heterocycles. The summed E-state index contributed by atoms with van der Waals surface area (Å²) in [6, 6.07) is 0.447. The third-order valence-corrected chi connectivity index (χ3v) is 5.15. The molecule has 1 unspecified atom stereocenters. The lowest BCUT2D eigenvalue weighted by molar-refractivity contribution is 0.0570. The molecule has 2 aliphatic rings. The first-order valence-corrected chi connectivity index (χ1v) is 9.08. The van der Waals surface area contributed by atoms with Gasteiger partial charge in [-0.15, -0.1) is 0 Å². The number of carbonyl (C=O) groups excluding carboxylic acids is 1. The molecule has 4 rings (SSSR count). The Morgan fingerprint density at radius 3 is 2.77 bits per heavy atom. The molecule has 1 N–H and O–H groups in total. The topological polar surface area (TPSA) is 87.1 Å². The molecule has 0 bridgehead atoms. The van der Waals surface area contributed by atoms with E-state index in [4.69, 9.17) is 0 Å². The Bertz CT molecular complexity index is 752. The van der Waals surface area contributed by atoms with Crippen molar-refractivity contribution in [3.63, 3.8) is 0 Å². The highest BCUT2D eigenvalue weighted by Gasteiger charge is 2.32. The molecule has 2 fully saturated rings. The minimum absolute atomic E-state index is 0.0186. The fraction of sp³-hybridized carbons (Fsp3) is 0.500. The lowest BCUT2D eigenvalue weighted by atomic mass is 10.1. The van der Waals surface area contributed by atoms with Gasteiger partial charge in [0.15, 0.2) is 0 Å². The van der Waals surface area contributed by atoms with Gasteiger partial charge in [0.05, 0.1) is 23.5 Å². The minimum Gasteiger partial charge on any atom is -0.346 e. The van der Waals surface area contributed by atoms with E-state index in [1.165, 1.54) is 19.4 Å². The Labute approximate surface area is 152 Å². The van der Waals surface area contributed by atoms with Crippen LogP contribution in [0.5, 0.6) is 0 Å². The first-order chi connectivity index (χ1) is 12.7. The van der Waals surface area contributed by atoms with E-state index in [0.717, 1.165) is 25.3 Å². The van der Waals surface area contributed by atoms with Gasteiger partial charge in [-0.1, -0.05) is 0 Å². The summed E-state index contributed by atoms with van der Waals surface area (Å²) in [6.45, 7) is 5.68. The lowest BCUT2D eigenvalue weighted by Crippen LogP contribution is -2.52. The van der Waals surface area contributed by atoms with Gasteiger partial charge < -0.3 is 10.2 Å². The largest absolute Gasteiger partial charge is 0.346 e. The standard InChI is InChI=1S/C18H23N7O/c1-13(16-11-19-4-5-20-16)23-18-21-9-14(10-22-18)17(26)25-8-7-24-6-2-3-15(24)12-25/h4-5,9-11,13,15H,2-3,6-8,12H2,1H3,(H,21,22,23)/t13?,15-/m0/s1. The van der Waals surface area contributed by atoms with Crippen molar-refractivity contribution in [3.8, 4) is 0 Å². The van der Waals surface area contributed by atoms with Crippen LogP contribution in [0, 0.1) is 0 Å². The van der Waals surface area contributed by atoms with Crippen molar-refractivity contribution in [2.24, 2.45) is 0 Å². The summed E-state index contributed by atoms with van der Waals surface area (Å²) < 4.78 is 0. The van der Waals surface area contributed by atoms with E-state index in [9.17, 15) is 4.79 Å². The summed E-state index contributed by atoms with van der Waals surface area (Å²) in [7, 11) is 0. The zero-order valence-electron chi connectivity index (χ0n) is 14.9. The van der Waals surface area contributed by atoms with Gasteiger partial charge in [-0.3, -0.25) is 19.7 Å². The van der Waals surface area contributed by atoms with E-state index in [1.807, 2.05) is 11.8 Å². The number of amides is 1. The van der Waals surface area contributed by atoms with Crippen LogP contribution in [-0.4, -0.2) is 67.9 Å². The van der Waals surface area contributed by atoms with Crippen LogP contribution in [0.4, 0.5) is 5.95 Å². The lowest BCUT2D eigenvalue weighted by Gasteiger charge is -2.37. The summed E-state index contributed by atoms with van der Waals surface area (Å²) in [6.07, 6.45) is 10.6. The van der Waals surface area contributed by atoms with Crippen molar-refractivity contribution in [2.75, 3.05) is 31.5 Å². The van der Waals surface area contributed by atoms with E-state index in [1.54, 1.807) is 31.0 Å². The van der Waals surface area contributed by atoms with Crippen molar-refractivity contribution in [2.45, 2.75) is 31.8 Å². The van der Waals surface area contributed by atoms with E-state index in [-0.39, 0.29) is 11.9 Å². The average Bonchev–Trinajstić information content (AvgIpc) is 3.16. The average molecular weight is 353 g/mol. The van der Waals surface area contributed by atoms with Crippen LogP contribution in [0.1, 0.15) is 41.9 Å². The van der Waals surface area contributed by atoms with Crippen molar-refractivity contribution in [3.05, 3.63) is 42.2 Å². The molecule has 0 spiro atoms. The van der Waals surface area contributed by atoms with Crippen LogP contribution in [0.25, 0.3) is 0 Å². The van der Waals surface area contributed by atoms with Crippen molar-refractivity contribution >= 4 is 11.9 Å². The molecule has 0 radical (unpaired) electrons. The van der Waals surface area contributed by atoms with E-state index >= 15 is 0 Å². The highest BCUT2D eigenvalue weighted by Crippen LogP contribution is 2.22. The number of rotatable bonds is 4. The Morgan fingerprint density at radius 2 is 2.00 bits per heavy atom. The first kappa shape index (κ1) is 16.8. The molecular weight excluding hydrogens is 330 g/mol. The number of aromatic nitrogens is 4. The number of anilines is 1. The van der Waals surface area contributed by atoms with Crippen LogP contribution in [0.15, 0.2) is 31.0 Å². The first-order valence-electron chi connectivity index (χ1n) is 9.08. The van der Waals surface area contributed by atoms with Crippen molar-refractivity contribution < 1.29 is 4.79 Å². The zero-order valence-corrected chi connectivity index (χ0v) is 14.9.